The lowest BCUT2D eigenvalue weighted by Crippen LogP contribution is -2.73. The normalized spacial score (nSPS) is 19.9. The van der Waals surface area contributed by atoms with Crippen LogP contribution < -0.4 is 9.80 Å². The van der Waals surface area contributed by atoms with Gasteiger partial charge in [-0.1, -0.05) is 11.3 Å². The van der Waals surface area contributed by atoms with Crippen LogP contribution in [-0.4, -0.2) is 73.0 Å². The topological polar surface area (TPSA) is 103 Å². The van der Waals surface area contributed by atoms with Crippen molar-refractivity contribution in [3.8, 4) is 17.3 Å². The van der Waals surface area contributed by atoms with E-state index < -0.39 is 5.82 Å². The first kappa shape index (κ1) is 28.0. The molecule has 4 aromatic rings. The number of thiazole rings is 1. The van der Waals surface area contributed by atoms with Crippen LogP contribution in [0.4, 0.5) is 25.3 Å². The van der Waals surface area contributed by atoms with Gasteiger partial charge >= 0.3 is 0 Å². The highest BCUT2D eigenvalue weighted by Gasteiger charge is 2.54. The quantitative estimate of drug-likeness (QED) is 0.302. The number of anilines is 3. The number of rotatable bonds is 5. The third-order valence-electron chi connectivity index (χ3n) is 9.48. The molecule has 3 aliphatic heterocycles. The van der Waals surface area contributed by atoms with Gasteiger partial charge in [0.15, 0.2) is 16.7 Å². The maximum atomic E-state index is 15.8. The second-order valence-corrected chi connectivity index (χ2v) is 13.5. The second-order valence-electron chi connectivity index (χ2n) is 12.5. The van der Waals surface area contributed by atoms with Crippen LogP contribution in [0.2, 0.25) is 0 Å². The number of ether oxygens (including phenoxy) is 1. The number of ketones is 1. The van der Waals surface area contributed by atoms with Gasteiger partial charge in [0.2, 0.25) is 5.91 Å². The number of aromatic nitrogens is 2. The van der Waals surface area contributed by atoms with E-state index in [9.17, 15) is 19.2 Å². The number of hydrogen-bond donors (Lipinski definition) is 0. The summed E-state index contributed by atoms with van der Waals surface area (Å²) in [7, 11) is 1.80. The zero-order valence-corrected chi connectivity index (χ0v) is 25.3. The van der Waals surface area contributed by atoms with Gasteiger partial charge in [-0.05, 0) is 49.2 Å². The minimum atomic E-state index is -0.517. The van der Waals surface area contributed by atoms with E-state index in [2.05, 4.69) is 16.0 Å². The van der Waals surface area contributed by atoms with Gasteiger partial charge in [0.05, 0.1) is 18.2 Å². The van der Waals surface area contributed by atoms with Crippen LogP contribution in [-0.2, 0) is 16.0 Å². The zero-order valence-electron chi connectivity index (χ0n) is 24.5. The molecule has 3 saturated heterocycles. The molecule has 12 heteroatoms. The molecule has 1 spiro atoms. The molecule has 2 aromatic carbocycles. The number of carbonyl (C=O) groups is 2. The molecule has 8 rings (SSSR count). The average molecular weight is 627 g/mol. The number of benzene rings is 2. The molecule has 5 heterocycles. The number of fused-ring (bicyclic) bond motifs is 2. The Morgan fingerprint density at radius 3 is 2.60 bits per heavy atom. The summed E-state index contributed by atoms with van der Waals surface area (Å²) in [6.07, 6.45) is 1.52. The maximum absolute atomic E-state index is 15.8. The minimum Gasteiger partial charge on any atom is -0.381 e. The van der Waals surface area contributed by atoms with E-state index in [-0.39, 0.29) is 46.5 Å². The van der Waals surface area contributed by atoms with Crippen LogP contribution in [0.25, 0.3) is 22.2 Å². The zero-order chi connectivity index (χ0) is 31.0. The average Bonchev–Trinajstić information content (AvgIpc) is 3.76. The third kappa shape index (κ3) is 4.48. The van der Waals surface area contributed by atoms with Crippen molar-refractivity contribution in [2.24, 2.45) is 11.3 Å². The summed E-state index contributed by atoms with van der Waals surface area (Å²) in [5.41, 5.74) is 3.50. The molecule has 0 saturated carbocycles. The second kappa shape index (κ2) is 10.3. The van der Waals surface area contributed by atoms with Crippen molar-refractivity contribution in [1.82, 2.24) is 14.9 Å². The fourth-order valence-corrected chi connectivity index (χ4v) is 8.06. The van der Waals surface area contributed by atoms with Gasteiger partial charge in [0.1, 0.15) is 33.7 Å². The number of pyridine rings is 1. The van der Waals surface area contributed by atoms with Gasteiger partial charge in [-0.2, -0.15) is 5.26 Å². The number of halogens is 2. The van der Waals surface area contributed by atoms with Crippen molar-refractivity contribution in [1.29, 1.82) is 5.26 Å². The molecule has 0 radical (unpaired) electrons. The van der Waals surface area contributed by atoms with Gasteiger partial charge in [0, 0.05) is 73.9 Å². The summed E-state index contributed by atoms with van der Waals surface area (Å²) >= 11 is 1.18. The predicted octanol–water partition coefficient (Wildman–Crippen LogP) is 5.09. The van der Waals surface area contributed by atoms with Gasteiger partial charge < -0.3 is 19.4 Å². The number of likely N-dealkylation sites (tertiary alicyclic amines) is 1. The van der Waals surface area contributed by atoms with Gasteiger partial charge in [0.25, 0.3) is 0 Å². The Morgan fingerprint density at radius 1 is 1.11 bits per heavy atom. The number of hydrogen-bond acceptors (Lipinski definition) is 9. The number of Topliss-reactive ketones (excluding diaryl/α,β-unsaturated/α-hetero) is 1. The SMILES string of the molecule is CN(c1nc(-c2ccc(F)cc2)c(C#N)s1)c1c2c(nc3c(F)cc(N4CC5(CN(C(=O)[C@@H]6CCOC6)C5)C4)cc13)C(=O)CC2. The maximum Gasteiger partial charge on any atom is 0.228 e. The first-order valence-electron chi connectivity index (χ1n) is 14.9. The largest absolute Gasteiger partial charge is 0.381 e. The fraction of sp³-hybridized carbons (Fsp3) is 0.364. The van der Waals surface area contributed by atoms with Crippen LogP contribution in [0.15, 0.2) is 36.4 Å². The molecule has 1 atom stereocenters. The molecule has 0 unspecified atom stereocenters. The lowest BCUT2D eigenvalue weighted by Gasteiger charge is -2.61. The Labute approximate surface area is 261 Å². The molecule has 9 nitrogen and oxygen atoms in total. The molecule has 1 amide bonds. The first-order chi connectivity index (χ1) is 21.7. The molecule has 2 aromatic heterocycles. The Hall–Kier alpha value is -4.47. The van der Waals surface area contributed by atoms with Crippen LogP contribution >= 0.6 is 11.3 Å². The summed E-state index contributed by atoms with van der Waals surface area (Å²) in [6, 6.07) is 11.4. The molecular formula is C33H28F2N6O3S. The van der Waals surface area contributed by atoms with Crippen molar-refractivity contribution in [3.05, 3.63) is 64.2 Å². The Bertz CT molecular complexity index is 1930. The van der Waals surface area contributed by atoms with Gasteiger partial charge in [-0.15, -0.1) is 0 Å². The van der Waals surface area contributed by atoms with Gasteiger partial charge in [-0.3, -0.25) is 9.59 Å². The predicted molar refractivity (Wildman–Crippen MR) is 165 cm³/mol. The monoisotopic (exact) mass is 626 g/mol. The van der Waals surface area contributed by atoms with Crippen molar-refractivity contribution in [2.45, 2.75) is 19.3 Å². The van der Waals surface area contributed by atoms with E-state index in [1.807, 2.05) is 15.9 Å². The molecule has 3 fully saturated rings. The molecule has 1 aliphatic carbocycles. The summed E-state index contributed by atoms with van der Waals surface area (Å²) in [5, 5.41) is 10.9. The smallest absolute Gasteiger partial charge is 0.228 e. The van der Waals surface area contributed by atoms with Crippen molar-refractivity contribution in [3.63, 3.8) is 0 Å². The van der Waals surface area contributed by atoms with Gasteiger partial charge in [-0.25, -0.2) is 18.7 Å². The van der Waals surface area contributed by atoms with Crippen LogP contribution in [0.1, 0.15) is 33.8 Å². The minimum absolute atomic E-state index is 0.00805. The van der Waals surface area contributed by atoms with E-state index >= 15 is 4.39 Å². The van der Waals surface area contributed by atoms with Crippen molar-refractivity contribution >= 4 is 50.4 Å². The van der Waals surface area contributed by atoms with Crippen LogP contribution in [0.5, 0.6) is 0 Å². The lowest BCUT2D eigenvalue weighted by molar-refractivity contribution is -0.149. The number of carbonyl (C=O) groups excluding carboxylic acids is 2. The standard InChI is InChI=1S/C33H28F2N6O3S/c1-39(32-38-27(26(12-36)45-32)18-2-4-20(34)5-3-18)30-22-6-7-25(42)29(22)37-28-23(30)10-21(11-24(28)35)40-14-33(15-40)16-41(17-33)31(43)19-8-9-44-13-19/h2-5,10-11,19H,6-9,13-17H2,1H3/t19-/m1/s1. The van der Waals surface area contributed by atoms with Crippen molar-refractivity contribution < 1.29 is 23.1 Å². The van der Waals surface area contributed by atoms with E-state index in [0.717, 1.165) is 12.0 Å². The Morgan fingerprint density at radius 2 is 1.89 bits per heavy atom. The first-order valence-corrected chi connectivity index (χ1v) is 15.8. The van der Waals surface area contributed by atoms with E-state index in [1.54, 1.807) is 19.2 Å². The highest BCUT2D eigenvalue weighted by molar-refractivity contribution is 7.16. The Kier molecular flexibility index (Phi) is 6.41. The summed E-state index contributed by atoms with van der Waals surface area (Å²) in [5.74, 6) is -0.914. The molecule has 4 aliphatic rings. The number of amides is 1. The molecule has 0 bridgehead atoms. The van der Waals surface area contributed by atoms with E-state index in [1.165, 1.54) is 29.5 Å². The van der Waals surface area contributed by atoms with E-state index in [0.29, 0.717) is 83.8 Å². The molecular weight excluding hydrogens is 598 g/mol. The summed E-state index contributed by atoms with van der Waals surface area (Å²) < 4.78 is 34.8. The highest BCUT2D eigenvalue weighted by Crippen LogP contribution is 2.46. The van der Waals surface area contributed by atoms with Crippen LogP contribution in [0, 0.1) is 34.3 Å². The van der Waals surface area contributed by atoms with E-state index in [4.69, 9.17) is 9.72 Å². The van der Waals surface area contributed by atoms with Crippen LogP contribution in [0.3, 0.4) is 0 Å². The lowest BCUT2D eigenvalue weighted by atomic mass is 9.72. The molecule has 0 N–H and O–H groups in total. The molecule has 45 heavy (non-hydrogen) atoms. The highest BCUT2D eigenvalue weighted by atomic mass is 32.1. The summed E-state index contributed by atoms with van der Waals surface area (Å²) in [6.45, 7) is 3.95. The fourth-order valence-electron chi connectivity index (χ4n) is 7.20. The number of nitrogens with zero attached hydrogens (tertiary/aromatic N) is 6. The molecule has 228 valence electrons. The third-order valence-corrected chi connectivity index (χ3v) is 10.5. The number of nitriles is 1. The Balaban J connectivity index is 1.13. The summed E-state index contributed by atoms with van der Waals surface area (Å²) in [4.78, 5) is 41.1. The van der Waals surface area contributed by atoms with Crippen molar-refractivity contribution in [2.75, 3.05) is 56.2 Å².